The van der Waals surface area contributed by atoms with Crippen molar-refractivity contribution in [2.45, 2.75) is 44.9 Å². The van der Waals surface area contributed by atoms with Crippen molar-refractivity contribution in [2.75, 3.05) is 17.1 Å². The fourth-order valence-corrected chi connectivity index (χ4v) is 9.44. The topological polar surface area (TPSA) is 33.5 Å². The molecule has 0 spiro atoms. The van der Waals surface area contributed by atoms with E-state index in [4.69, 9.17) is 14.0 Å². The molecule has 2 aromatic heterocycles. The molecule has 10 rings (SSSR count). The van der Waals surface area contributed by atoms with Crippen molar-refractivity contribution in [1.29, 1.82) is 0 Å². The molecule has 0 saturated heterocycles. The first-order chi connectivity index (χ1) is 30.6. The first kappa shape index (κ1) is 34.0. The van der Waals surface area contributed by atoms with E-state index in [1.54, 1.807) is 11.1 Å². The summed E-state index contributed by atoms with van der Waals surface area (Å²) in [4.78, 5) is 11.3. The van der Waals surface area contributed by atoms with Gasteiger partial charge in [-0.15, -0.1) is 4.94 Å². The van der Waals surface area contributed by atoms with Crippen LogP contribution in [0.5, 0.6) is 0 Å². The molecule has 60 heavy (non-hydrogen) atoms. The summed E-state index contributed by atoms with van der Waals surface area (Å²) < 4.78 is 27.2. The molecule has 0 N–H and O–H groups in total. The number of pyridine rings is 1. The van der Waals surface area contributed by atoms with Crippen LogP contribution in [0, 0.1) is 0 Å². The first-order valence-corrected chi connectivity index (χ1v) is 20.8. The largest absolute Gasteiger partial charge is 0.294 e. The van der Waals surface area contributed by atoms with Gasteiger partial charge in [0.05, 0.1) is 33.5 Å². The Balaban J connectivity index is 1.23. The summed E-state index contributed by atoms with van der Waals surface area (Å²) in [6.07, 6.45) is 1.95. The molecule has 7 aromatic carbocycles. The summed E-state index contributed by atoms with van der Waals surface area (Å²) >= 11 is 0. The number of nitrogens with zero attached hydrogens (tertiary/aromatic N) is 4. The van der Waals surface area contributed by atoms with Crippen molar-refractivity contribution in [3.63, 3.8) is 0 Å². The Labute approximate surface area is 356 Å². The van der Waals surface area contributed by atoms with Crippen LogP contribution in [0.1, 0.15) is 77.0 Å². The lowest BCUT2D eigenvalue weighted by Crippen LogP contribution is -2.31. The van der Waals surface area contributed by atoms with Gasteiger partial charge in [-0.25, -0.2) is 10.0 Å². The van der Waals surface area contributed by atoms with Crippen molar-refractivity contribution < 1.29 is 9.05 Å². The normalized spacial score (nSPS) is 13.9. The summed E-state index contributed by atoms with van der Waals surface area (Å²) in [5.41, 5.74) is 12.4. The van der Waals surface area contributed by atoms with Gasteiger partial charge in [-0.2, -0.15) is 5.06 Å². The molecule has 294 valence electrons. The minimum Gasteiger partial charge on any atom is -0.294 e. The van der Waals surface area contributed by atoms with E-state index in [2.05, 4.69) is 178 Å². The van der Waals surface area contributed by atoms with Gasteiger partial charge in [0.25, 0.3) is 0 Å². The number of hydrogen-bond acceptors (Lipinski definition) is 4. The minimum absolute atomic E-state index is 0.348. The van der Waals surface area contributed by atoms with Gasteiger partial charge in [-0.3, -0.25) is 4.57 Å². The average molecular weight is 784 g/mol. The van der Waals surface area contributed by atoms with Gasteiger partial charge in [-0.05, 0) is 105 Å². The summed E-state index contributed by atoms with van der Waals surface area (Å²) in [7, 11) is 0. The van der Waals surface area contributed by atoms with Gasteiger partial charge in [-0.1, -0.05) is 161 Å². The third-order valence-corrected chi connectivity index (χ3v) is 12.2. The highest BCUT2D eigenvalue weighted by Crippen LogP contribution is 2.49. The molecular weight excluding hydrogens is 733 g/mol. The van der Waals surface area contributed by atoms with E-state index in [-0.39, 0.29) is 0 Å². The molecular formula is C55H48N4O. The second-order valence-electron chi connectivity index (χ2n) is 16.3. The molecule has 1 aliphatic heterocycles. The number of anilines is 3. The molecule has 0 unspecified atom stereocenters. The molecule has 0 aliphatic carbocycles. The molecule has 0 atom stereocenters. The van der Waals surface area contributed by atoms with Crippen LogP contribution in [0.2, 0.25) is 0 Å². The lowest BCUT2D eigenvalue weighted by Gasteiger charge is -2.37. The van der Waals surface area contributed by atoms with Crippen LogP contribution in [-0.2, 0) is 10.4 Å². The number of hydroxylamine groups is 1. The fourth-order valence-electron chi connectivity index (χ4n) is 9.44. The van der Waals surface area contributed by atoms with Gasteiger partial charge in [0, 0.05) is 28.1 Å². The predicted molar refractivity (Wildman–Crippen MR) is 249 cm³/mol. The molecule has 0 amide bonds. The average Bonchev–Trinajstić information content (AvgIpc) is 3.87. The van der Waals surface area contributed by atoms with Crippen LogP contribution < -0.4 is 10.1 Å². The van der Waals surface area contributed by atoms with Crippen LogP contribution in [0.3, 0.4) is 0 Å². The Hall–Kier alpha value is -6.95. The number of fused-ring (bicyclic) bond motifs is 4. The van der Waals surface area contributed by atoms with Crippen molar-refractivity contribution >= 4 is 38.9 Å². The molecule has 0 bridgehead atoms. The van der Waals surface area contributed by atoms with E-state index >= 15 is 0 Å². The zero-order valence-electron chi connectivity index (χ0n) is 37.2. The van der Waals surface area contributed by atoms with E-state index < -0.39 is 12.4 Å². The SMILES string of the molecule is [2H]C([2H])([2H])N1ON(c2cccc(C(c3ccccc3)(c3ccccc3)c3ccc4c5ccccc5n(-c5cc(-c6c(C(C)C)cccc6C(C)C)ccn5)c4c3)c2)c2ccccc21. The lowest BCUT2D eigenvalue weighted by atomic mass is 9.65. The van der Waals surface area contributed by atoms with Crippen molar-refractivity contribution in [3.05, 3.63) is 222 Å². The number of hydrogen-bond donors (Lipinski definition) is 0. The van der Waals surface area contributed by atoms with Crippen LogP contribution >= 0.6 is 0 Å². The van der Waals surface area contributed by atoms with E-state index in [1.165, 1.54) is 16.7 Å². The zero-order valence-corrected chi connectivity index (χ0v) is 34.2. The first-order valence-electron chi connectivity index (χ1n) is 22.3. The van der Waals surface area contributed by atoms with Gasteiger partial charge in [0.1, 0.15) is 5.82 Å². The summed E-state index contributed by atoms with van der Waals surface area (Å²) in [6, 6.07) is 63.5. The summed E-state index contributed by atoms with van der Waals surface area (Å²) in [5.74, 6) is 1.54. The van der Waals surface area contributed by atoms with E-state index in [1.807, 2.05) is 36.5 Å². The van der Waals surface area contributed by atoms with Gasteiger partial charge < -0.3 is 0 Å². The van der Waals surface area contributed by atoms with Gasteiger partial charge >= 0.3 is 0 Å². The van der Waals surface area contributed by atoms with Crippen LogP contribution in [-0.4, -0.2) is 16.5 Å². The van der Waals surface area contributed by atoms with E-state index in [9.17, 15) is 0 Å². The number of aromatic nitrogens is 2. The van der Waals surface area contributed by atoms with Crippen molar-refractivity contribution in [1.82, 2.24) is 9.55 Å². The number of benzene rings is 7. The number of para-hydroxylation sites is 3. The van der Waals surface area contributed by atoms with Crippen molar-refractivity contribution in [2.24, 2.45) is 0 Å². The summed E-state index contributed by atoms with van der Waals surface area (Å²) in [5, 5.41) is 4.90. The molecule has 5 heteroatoms. The van der Waals surface area contributed by atoms with Crippen LogP contribution in [0.4, 0.5) is 17.1 Å². The minimum atomic E-state index is -2.52. The van der Waals surface area contributed by atoms with Gasteiger partial charge in [0.2, 0.25) is 0 Å². The number of rotatable bonds is 9. The van der Waals surface area contributed by atoms with Crippen LogP contribution in [0.15, 0.2) is 188 Å². The monoisotopic (exact) mass is 783 g/mol. The highest BCUT2D eigenvalue weighted by atomic mass is 16.8. The molecule has 3 heterocycles. The third-order valence-electron chi connectivity index (χ3n) is 12.2. The Kier molecular flexibility index (Phi) is 8.50. The van der Waals surface area contributed by atoms with E-state index in [0.717, 1.165) is 60.5 Å². The molecule has 0 fully saturated rings. The standard InChI is InChI=1S/C55H48N4O/c1-37(2)45-25-17-26-46(38(3)4)54(45)39-32-33-56-53(34-39)58-49-27-13-12-24-47(49)48-31-30-43(36-52(48)58)55(40-18-8-6-9-19-40,41-20-10-7-11-21-41)42-22-16-23-44(35-42)59-51-29-15-14-28-50(51)57(5)60-59/h6-38H,1-5H3/i5D3. The quantitative estimate of drug-likeness (QED) is 0.137. The highest BCUT2D eigenvalue weighted by Gasteiger charge is 2.40. The Morgan fingerprint density at radius 1 is 0.533 bits per heavy atom. The van der Waals surface area contributed by atoms with Crippen LogP contribution in [0.25, 0.3) is 38.8 Å². The van der Waals surface area contributed by atoms with E-state index in [0.29, 0.717) is 28.9 Å². The lowest BCUT2D eigenvalue weighted by molar-refractivity contribution is 0.142. The molecule has 0 radical (unpaired) electrons. The molecule has 1 aliphatic rings. The zero-order chi connectivity index (χ0) is 43.5. The second-order valence-corrected chi connectivity index (χ2v) is 16.3. The second kappa shape index (κ2) is 15.0. The Morgan fingerprint density at radius 2 is 1.13 bits per heavy atom. The maximum Gasteiger partial charge on any atom is 0.138 e. The van der Waals surface area contributed by atoms with Gasteiger partial charge in [0.15, 0.2) is 0 Å². The predicted octanol–water partition coefficient (Wildman–Crippen LogP) is 13.9. The van der Waals surface area contributed by atoms with Crippen molar-refractivity contribution in [3.8, 4) is 16.9 Å². The fraction of sp³-hybridized carbons (Fsp3) is 0.145. The molecule has 9 aromatic rings. The molecule has 0 saturated carbocycles. The smallest absolute Gasteiger partial charge is 0.138 e. The maximum absolute atomic E-state index is 8.29. The highest BCUT2D eigenvalue weighted by molar-refractivity contribution is 6.09. The third kappa shape index (κ3) is 6.00. The Morgan fingerprint density at radius 3 is 1.83 bits per heavy atom. The maximum atomic E-state index is 8.29. The Bertz CT molecular complexity index is 3060. The summed E-state index contributed by atoms with van der Waals surface area (Å²) in [6.45, 7) is 6.55. The molecule has 5 nitrogen and oxygen atoms in total.